The van der Waals surface area contributed by atoms with E-state index in [2.05, 4.69) is 27.7 Å². The summed E-state index contributed by atoms with van der Waals surface area (Å²) in [5, 5.41) is 0. The van der Waals surface area contributed by atoms with E-state index in [-0.39, 0.29) is 31.1 Å². The van der Waals surface area contributed by atoms with Gasteiger partial charge in [-0.3, -0.25) is 14.4 Å². The van der Waals surface area contributed by atoms with Crippen molar-refractivity contribution < 1.29 is 28.6 Å². The summed E-state index contributed by atoms with van der Waals surface area (Å²) in [6.07, 6.45) is 55.2. The molecule has 1 atom stereocenters. The van der Waals surface area contributed by atoms with Crippen LogP contribution in [0, 0.1) is 5.92 Å². The van der Waals surface area contributed by atoms with Gasteiger partial charge in [0.05, 0.1) is 0 Å². The lowest BCUT2D eigenvalue weighted by Gasteiger charge is -2.18. The summed E-state index contributed by atoms with van der Waals surface area (Å²) in [5.41, 5.74) is 0. The fraction of sp³-hybridized carbons (Fsp3) is 0.947. The van der Waals surface area contributed by atoms with E-state index in [0.29, 0.717) is 19.3 Å². The Morgan fingerprint density at radius 3 is 0.778 bits per heavy atom. The number of carbonyl (C=O) groups is 3. The van der Waals surface area contributed by atoms with Gasteiger partial charge in [0.15, 0.2) is 6.10 Å². The molecule has 0 N–H and O–H groups in total. The summed E-state index contributed by atoms with van der Waals surface area (Å²) >= 11 is 0. The summed E-state index contributed by atoms with van der Waals surface area (Å²) in [7, 11) is 0. The summed E-state index contributed by atoms with van der Waals surface area (Å²) < 4.78 is 16.9. The third-order valence-electron chi connectivity index (χ3n) is 13.0. The van der Waals surface area contributed by atoms with Crippen molar-refractivity contribution in [1.29, 1.82) is 0 Å². The number of hydrogen-bond acceptors (Lipinski definition) is 6. The third kappa shape index (κ3) is 51.3. The Balaban J connectivity index is 4.26. The van der Waals surface area contributed by atoms with Crippen LogP contribution in [0.2, 0.25) is 0 Å². The van der Waals surface area contributed by atoms with Crippen molar-refractivity contribution in [3.05, 3.63) is 0 Å². The van der Waals surface area contributed by atoms with Gasteiger partial charge in [-0.25, -0.2) is 0 Å². The molecule has 0 unspecified atom stereocenters. The van der Waals surface area contributed by atoms with E-state index < -0.39 is 6.10 Å². The van der Waals surface area contributed by atoms with Crippen molar-refractivity contribution in [2.45, 2.75) is 329 Å². The normalized spacial score (nSPS) is 12.0. The van der Waals surface area contributed by atoms with Gasteiger partial charge < -0.3 is 14.2 Å². The van der Waals surface area contributed by atoms with Crippen molar-refractivity contribution in [1.82, 2.24) is 0 Å². The Kier molecular flexibility index (Phi) is 50.1. The standard InChI is InChI=1S/C57H110O6/c1-5-7-9-11-13-15-17-19-21-25-29-32-36-40-44-48-55(58)61-51-54(63-57(60)50-46-42-38-34-28-18-16-14-12-10-8-6-2)52-62-56(59)49-45-41-37-33-30-26-23-20-22-24-27-31-35-39-43-47-53(3)4/h53-54H,5-52H2,1-4H3/t54-/m0/s1. The van der Waals surface area contributed by atoms with Gasteiger partial charge in [0.1, 0.15) is 13.2 Å². The Morgan fingerprint density at radius 2 is 0.524 bits per heavy atom. The van der Waals surface area contributed by atoms with Crippen LogP contribution in [0.4, 0.5) is 0 Å². The Morgan fingerprint density at radius 1 is 0.302 bits per heavy atom. The molecule has 0 radical (unpaired) electrons. The lowest BCUT2D eigenvalue weighted by atomic mass is 10.0. The molecule has 0 aliphatic heterocycles. The van der Waals surface area contributed by atoms with Crippen molar-refractivity contribution in [3.8, 4) is 0 Å². The first kappa shape index (κ1) is 61.4. The molecule has 0 heterocycles. The van der Waals surface area contributed by atoms with Crippen LogP contribution in [-0.4, -0.2) is 37.2 Å². The molecule has 0 bridgehead atoms. The smallest absolute Gasteiger partial charge is 0.306 e. The molecule has 0 aromatic rings. The van der Waals surface area contributed by atoms with Gasteiger partial charge in [0.2, 0.25) is 0 Å². The summed E-state index contributed by atoms with van der Waals surface area (Å²) in [5.74, 6) is 0.0125. The maximum absolute atomic E-state index is 12.8. The summed E-state index contributed by atoms with van der Waals surface area (Å²) in [4.78, 5) is 38.1. The first-order chi connectivity index (χ1) is 30.9. The topological polar surface area (TPSA) is 78.9 Å². The highest BCUT2D eigenvalue weighted by atomic mass is 16.6. The van der Waals surface area contributed by atoms with E-state index in [9.17, 15) is 14.4 Å². The van der Waals surface area contributed by atoms with Gasteiger partial charge >= 0.3 is 17.9 Å². The number of carbonyl (C=O) groups excluding carboxylic acids is 3. The van der Waals surface area contributed by atoms with Crippen LogP contribution in [0.3, 0.4) is 0 Å². The zero-order valence-corrected chi connectivity index (χ0v) is 43.0. The first-order valence-electron chi connectivity index (χ1n) is 28.4. The molecule has 0 aliphatic carbocycles. The molecular formula is C57H110O6. The molecule has 0 aliphatic rings. The molecular weight excluding hydrogens is 781 g/mol. The third-order valence-corrected chi connectivity index (χ3v) is 13.0. The van der Waals surface area contributed by atoms with Gasteiger partial charge in [-0.15, -0.1) is 0 Å². The number of ether oxygens (including phenoxy) is 3. The molecule has 374 valence electrons. The van der Waals surface area contributed by atoms with Crippen LogP contribution in [0.25, 0.3) is 0 Å². The van der Waals surface area contributed by atoms with E-state index in [1.165, 1.54) is 218 Å². The zero-order valence-electron chi connectivity index (χ0n) is 43.0. The second-order valence-corrected chi connectivity index (χ2v) is 20.1. The monoisotopic (exact) mass is 891 g/mol. The molecule has 0 amide bonds. The Bertz CT molecular complexity index is 949. The second kappa shape index (κ2) is 51.4. The zero-order chi connectivity index (χ0) is 45.9. The minimum absolute atomic E-state index is 0.0619. The SMILES string of the molecule is CCCCCCCCCCCCCCCCCC(=O)OC[C@@H](COC(=O)CCCCCCCCCCCCCCCCCC(C)C)OC(=O)CCCCCCCCCCCCCC. The minimum Gasteiger partial charge on any atom is -0.462 e. The molecule has 63 heavy (non-hydrogen) atoms. The number of hydrogen-bond donors (Lipinski definition) is 0. The van der Waals surface area contributed by atoms with E-state index in [1.54, 1.807) is 0 Å². The summed E-state index contributed by atoms with van der Waals surface area (Å²) in [6.45, 7) is 9.06. The fourth-order valence-corrected chi connectivity index (χ4v) is 8.75. The average Bonchev–Trinajstić information content (AvgIpc) is 3.27. The van der Waals surface area contributed by atoms with Gasteiger partial charge in [0.25, 0.3) is 0 Å². The number of unbranched alkanes of at least 4 members (excludes halogenated alkanes) is 39. The van der Waals surface area contributed by atoms with Gasteiger partial charge in [-0.2, -0.15) is 0 Å². The lowest BCUT2D eigenvalue weighted by Crippen LogP contribution is -2.30. The minimum atomic E-state index is -0.761. The molecule has 0 saturated heterocycles. The molecule has 6 nitrogen and oxygen atoms in total. The van der Waals surface area contributed by atoms with Gasteiger partial charge in [0, 0.05) is 19.3 Å². The predicted molar refractivity (Wildman–Crippen MR) is 270 cm³/mol. The molecule has 0 fully saturated rings. The van der Waals surface area contributed by atoms with Crippen LogP contribution >= 0.6 is 0 Å². The van der Waals surface area contributed by atoms with Crippen molar-refractivity contribution >= 4 is 17.9 Å². The molecule has 0 rings (SSSR count). The largest absolute Gasteiger partial charge is 0.462 e. The van der Waals surface area contributed by atoms with Crippen LogP contribution in [0.15, 0.2) is 0 Å². The highest BCUT2D eigenvalue weighted by Gasteiger charge is 2.19. The average molecular weight is 892 g/mol. The van der Waals surface area contributed by atoms with E-state index >= 15 is 0 Å². The van der Waals surface area contributed by atoms with E-state index in [0.717, 1.165) is 63.7 Å². The second-order valence-electron chi connectivity index (χ2n) is 20.1. The molecule has 0 spiro atoms. The first-order valence-corrected chi connectivity index (χ1v) is 28.4. The quantitative estimate of drug-likeness (QED) is 0.0344. The Labute approximate surface area is 393 Å². The van der Waals surface area contributed by atoms with Crippen LogP contribution in [0.1, 0.15) is 323 Å². The number of rotatable bonds is 52. The highest BCUT2D eigenvalue weighted by Crippen LogP contribution is 2.18. The maximum atomic E-state index is 12.8. The van der Waals surface area contributed by atoms with Crippen molar-refractivity contribution in [2.75, 3.05) is 13.2 Å². The van der Waals surface area contributed by atoms with Crippen molar-refractivity contribution in [2.24, 2.45) is 5.92 Å². The molecule has 6 heteroatoms. The predicted octanol–water partition coefficient (Wildman–Crippen LogP) is 18.6. The molecule has 0 saturated carbocycles. The fourth-order valence-electron chi connectivity index (χ4n) is 8.75. The Hall–Kier alpha value is -1.59. The van der Waals surface area contributed by atoms with Crippen molar-refractivity contribution in [3.63, 3.8) is 0 Å². The van der Waals surface area contributed by atoms with Gasteiger partial charge in [-0.1, -0.05) is 285 Å². The summed E-state index contributed by atoms with van der Waals surface area (Å²) in [6, 6.07) is 0. The van der Waals surface area contributed by atoms with Crippen LogP contribution in [-0.2, 0) is 28.6 Å². The van der Waals surface area contributed by atoms with Crippen LogP contribution < -0.4 is 0 Å². The van der Waals surface area contributed by atoms with E-state index in [1.807, 2.05) is 0 Å². The lowest BCUT2D eigenvalue weighted by molar-refractivity contribution is -0.167. The van der Waals surface area contributed by atoms with E-state index in [4.69, 9.17) is 14.2 Å². The van der Waals surface area contributed by atoms with Gasteiger partial charge in [-0.05, 0) is 25.2 Å². The molecule has 0 aromatic carbocycles. The van der Waals surface area contributed by atoms with Crippen LogP contribution in [0.5, 0.6) is 0 Å². The highest BCUT2D eigenvalue weighted by molar-refractivity contribution is 5.71. The number of esters is 3. The molecule has 0 aromatic heterocycles. The maximum Gasteiger partial charge on any atom is 0.306 e.